The number of aromatic amines is 1. The number of nitro groups is 1. The number of hydrogen-bond acceptors (Lipinski definition) is 7. The largest absolute Gasteiger partial charge is 0.466 e. The maximum atomic E-state index is 12.9. The second-order valence-corrected chi connectivity index (χ2v) is 11.7. The fourth-order valence-electron chi connectivity index (χ4n) is 4.86. The molecule has 1 unspecified atom stereocenters. The molecular weight excluding hydrogens is 589 g/mol. The number of aryl methyl sites for hydroxylation is 1. The molecule has 14 heteroatoms. The maximum Gasteiger partial charge on any atom is 0.466 e. The van der Waals surface area contributed by atoms with E-state index in [1.807, 2.05) is 18.3 Å². The van der Waals surface area contributed by atoms with E-state index in [1.165, 1.54) is 23.4 Å². The Bertz CT molecular complexity index is 1600. The van der Waals surface area contributed by atoms with Gasteiger partial charge in [-0.15, -0.1) is 0 Å². The lowest BCUT2D eigenvalue weighted by atomic mass is 9.98. The summed E-state index contributed by atoms with van der Waals surface area (Å²) in [4.78, 5) is 47.6. The number of nitrogens with one attached hydrogen (secondary N) is 2. The molecule has 4 rings (SSSR count). The Morgan fingerprint density at radius 2 is 1.82 bits per heavy atom. The molecule has 2 aromatic heterocycles. The van der Waals surface area contributed by atoms with Crippen LogP contribution in [0, 0.1) is 10.1 Å². The van der Waals surface area contributed by atoms with Crippen LogP contribution in [0.2, 0.25) is 0 Å². The number of nitrogens with zero attached hydrogens (tertiary/aromatic N) is 3. The van der Waals surface area contributed by atoms with Crippen LogP contribution in [0.4, 0.5) is 11.4 Å². The van der Waals surface area contributed by atoms with E-state index in [0.29, 0.717) is 5.69 Å². The molecule has 4 aromatic rings. The van der Waals surface area contributed by atoms with Crippen molar-refractivity contribution in [3.05, 3.63) is 86.9 Å². The van der Waals surface area contributed by atoms with Gasteiger partial charge in [0.05, 0.1) is 11.1 Å². The Balaban J connectivity index is 0.000000978. The van der Waals surface area contributed by atoms with Gasteiger partial charge in [-0.1, -0.05) is 39.3 Å². The minimum absolute atomic E-state index is 0.0247. The summed E-state index contributed by atoms with van der Waals surface area (Å²) in [7, 11) is -2.51. The SMILES string of the molecule is CCCc1[nH]ncc1CCN(C)CCc1c(C(C)CC)oc2ccc(NC(=O)c3ccccc3[N+](=O)[O-])cc12.O=P(O)(O)O. The van der Waals surface area contributed by atoms with Crippen LogP contribution in [0.1, 0.15) is 72.5 Å². The number of nitro benzene ring substituents is 1. The number of para-hydroxylation sites is 1. The maximum absolute atomic E-state index is 12.9. The molecule has 2 heterocycles. The van der Waals surface area contributed by atoms with Gasteiger partial charge in [-0.25, -0.2) is 4.57 Å². The highest BCUT2D eigenvalue weighted by atomic mass is 31.2. The number of carbonyl (C=O) groups excluding carboxylic acids is 1. The van der Waals surface area contributed by atoms with Gasteiger partial charge in [-0.05, 0) is 62.6 Å². The summed E-state index contributed by atoms with van der Waals surface area (Å²) in [5.74, 6) is 0.712. The molecule has 2 aromatic carbocycles. The lowest BCUT2D eigenvalue weighted by molar-refractivity contribution is -0.385. The predicted octanol–water partition coefficient (Wildman–Crippen LogP) is 5.57. The lowest BCUT2D eigenvalue weighted by Gasteiger charge is -2.17. The number of amides is 1. The minimum Gasteiger partial charge on any atom is -0.460 e. The number of rotatable bonds is 13. The molecule has 5 N–H and O–H groups in total. The van der Waals surface area contributed by atoms with E-state index >= 15 is 0 Å². The van der Waals surface area contributed by atoms with Gasteiger partial charge in [0.15, 0.2) is 0 Å². The van der Waals surface area contributed by atoms with Crippen molar-refractivity contribution in [1.82, 2.24) is 15.1 Å². The van der Waals surface area contributed by atoms with Gasteiger partial charge in [0.1, 0.15) is 16.9 Å². The number of aromatic nitrogens is 2. The average molecular weight is 630 g/mol. The van der Waals surface area contributed by atoms with Gasteiger partial charge >= 0.3 is 7.82 Å². The second-order valence-electron chi connectivity index (χ2n) is 10.6. The molecule has 1 atom stereocenters. The van der Waals surface area contributed by atoms with Crippen molar-refractivity contribution in [1.29, 1.82) is 0 Å². The molecular formula is C30H40N5O8P. The first-order chi connectivity index (χ1) is 20.8. The van der Waals surface area contributed by atoms with Crippen LogP contribution < -0.4 is 5.32 Å². The third-order valence-electron chi connectivity index (χ3n) is 7.30. The van der Waals surface area contributed by atoms with Crippen molar-refractivity contribution >= 4 is 36.1 Å². The number of hydrogen-bond donors (Lipinski definition) is 5. The van der Waals surface area contributed by atoms with Crippen molar-refractivity contribution in [2.24, 2.45) is 0 Å². The lowest BCUT2D eigenvalue weighted by Crippen LogP contribution is -2.24. The van der Waals surface area contributed by atoms with Gasteiger partial charge in [0.2, 0.25) is 0 Å². The molecule has 0 aliphatic heterocycles. The number of benzene rings is 2. The van der Waals surface area contributed by atoms with Crippen LogP contribution in [0.5, 0.6) is 0 Å². The summed E-state index contributed by atoms with van der Waals surface area (Å²) in [5.41, 5.74) is 4.78. The fourth-order valence-corrected chi connectivity index (χ4v) is 4.86. The second kappa shape index (κ2) is 15.7. The summed E-state index contributed by atoms with van der Waals surface area (Å²) in [6.07, 6.45) is 6.72. The van der Waals surface area contributed by atoms with E-state index in [2.05, 4.69) is 48.2 Å². The highest BCUT2D eigenvalue weighted by molar-refractivity contribution is 7.45. The molecule has 44 heavy (non-hydrogen) atoms. The van der Waals surface area contributed by atoms with Crippen molar-refractivity contribution < 1.29 is 33.4 Å². The Labute approximate surface area is 255 Å². The van der Waals surface area contributed by atoms with Crippen molar-refractivity contribution in [2.45, 2.75) is 58.8 Å². The molecule has 0 aliphatic carbocycles. The fraction of sp³-hybridized carbons (Fsp3) is 0.400. The third-order valence-corrected chi connectivity index (χ3v) is 7.30. The van der Waals surface area contributed by atoms with Crippen LogP contribution in [0.15, 0.2) is 53.1 Å². The number of carbonyl (C=O) groups is 1. The first kappa shape index (κ1) is 34.6. The molecule has 0 fully saturated rings. The number of H-pyrrole nitrogens is 1. The van der Waals surface area contributed by atoms with Gasteiger partial charge in [-0.3, -0.25) is 20.0 Å². The van der Waals surface area contributed by atoms with Gasteiger partial charge in [0, 0.05) is 47.4 Å². The minimum atomic E-state index is -4.64. The molecule has 0 aliphatic rings. The number of fused-ring (bicyclic) bond motifs is 1. The van der Waals surface area contributed by atoms with E-state index in [4.69, 9.17) is 23.7 Å². The molecule has 0 saturated carbocycles. The van der Waals surface area contributed by atoms with Crippen LogP contribution in [0.3, 0.4) is 0 Å². The summed E-state index contributed by atoms with van der Waals surface area (Å²) < 4.78 is 15.2. The molecule has 0 bridgehead atoms. The molecule has 238 valence electrons. The predicted molar refractivity (Wildman–Crippen MR) is 168 cm³/mol. The molecule has 0 spiro atoms. The first-order valence-electron chi connectivity index (χ1n) is 14.4. The average Bonchev–Trinajstić information content (AvgIpc) is 3.57. The number of furan rings is 1. The topological polar surface area (TPSA) is 195 Å². The van der Waals surface area contributed by atoms with E-state index in [1.54, 1.807) is 18.2 Å². The van der Waals surface area contributed by atoms with Crippen LogP contribution in [-0.4, -0.2) is 60.7 Å². The third kappa shape index (κ3) is 9.83. The van der Waals surface area contributed by atoms with E-state index < -0.39 is 18.7 Å². The van der Waals surface area contributed by atoms with Crippen LogP contribution in [-0.2, 0) is 23.8 Å². The zero-order chi connectivity index (χ0) is 32.4. The zero-order valence-electron chi connectivity index (χ0n) is 25.3. The Hall–Kier alpha value is -3.87. The van der Waals surface area contributed by atoms with Crippen LogP contribution >= 0.6 is 7.82 Å². The Morgan fingerprint density at radius 1 is 1.14 bits per heavy atom. The summed E-state index contributed by atoms with van der Waals surface area (Å²) in [6, 6.07) is 11.5. The van der Waals surface area contributed by atoms with Gasteiger partial charge in [-0.2, -0.15) is 5.10 Å². The summed E-state index contributed by atoms with van der Waals surface area (Å²) in [6.45, 7) is 8.25. The zero-order valence-corrected chi connectivity index (χ0v) is 26.2. The monoisotopic (exact) mass is 629 g/mol. The van der Waals surface area contributed by atoms with Crippen molar-refractivity contribution in [3.63, 3.8) is 0 Å². The van der Waals surface area contributed by atoms with Crippen molar-refractivity contribution in [2.75, 3.05) is 25.5 Å². The van der Waals surface area contributed by atoms with E-state index in [-0.39, 0.29) is 17.2 Å². The number of phosphoric acid groups is 1. The highest BCUT2D eigenvalue weighted by Gasteiger charge is 2.22. The molecule has 1 amide bonds. The normalized spacial score (nSPS) is 12.2. The Morgan fingerprint density at radius 3 is 2.48 bits per heavy atom. The van der Waals surface area contributed by atoms with E-state index in [0.717, 1.165) is 67.5 Å². The standard InChI is InChI=1S/C30H37N5O4.H3O4P/c1-5-9-26-21(19-31-33-26)14-16-34(4)17-15-23-25-18-22(12-13-28(25)39-29(23)20(3)6-2)32-30(36)24-10-7-8-11-27(24)35(37)38;1-5(2,3)4/h7-8,10-13,18-20H,5-6,9,14-17H2,1-4H3,(H,31,33)(H,32,36);(H3,1,2,3,4). The number of likely N-dealkylation sites (N-methyl/N-ethyl adjacent to an activating group) is 1. The highest BCUT2D eigenvalue weighted by Crippen LogP contribution is 2.35. The summed E-state index contributed by atoms with van der Waals surface area (Å²) >= 11 is 0. The quantitative estimate of drug-likeness (QED) is 0.0708. The van der Waals surface area contributed by atoms with Crippen LogP contribution in [0.25, 0.3) is 11.0 Å². The molecule has 0 radical (unpaired) electrons. The molecule has 13 nitrogen and oxygen atoms in total. The number of anilines is 1. The molecule has 0 saturated heterocycles. The smallest absolute Gasteiger partial charge is 0.460 e. The van der Waals surface area contributed by atoms with Crippen molar-refractivity contribution in [3.8, 4) is 0 Å². The van der Waals surface area contributed by atoms with Gasteiger partial charge in [0.25, 0.3) is 11.6 Å². The van der Waals surface area contributed by atoms with E-state index in [9.17, 15) is 14.9 Å². The first-order valence-corrected chi connectivity index (χ1v) is 16.0. The Kier molecular flexibility index (Phi) is 12.4. The summed E-state index contributed by atoms with van der Waals surface area (Å²) in [5, 5.41) is 22.5. The van der Waals surface area contributed by atoms with Gasteiger partial charge < -0.3 is 29.3 Å².